The molecule has 0 aliphatic rings. The summed E-state index contributed by atoms with van der Waals surface area (Å²) in [5.74, 6) is 0.586. The van der Waals surface area contributed by atoms with Gasteiger partial charge in [0, 0.05) is 18.4 Å². The molecule has 26 heavy (non-hydrogen) atoms. The van der Waals surface area contributed by atoms with E-state index in [4.69, 9.17) is 5.73 Å². The molecule has 0 unspecified atom stereocenters. The van der Waals surface area contributed by atoms with E-state index in [0.717, 1.165) is 28.3 Å². The van der Waals surface area contributed by atoms with Gasteiger partial charge in [-0.2, -0.15) is 5.10 Å². The third-order valence-electron chi connectivity index (χ3n) is 4.14. The molecule has 134 valence electrons. The van der Waals surface area contributed by atoms with Crippen LogP contribution in [0.1, 0.15) is 22.5 Å². The fourth-order valence-electron chi connectivity index (χ4n) is 2.79. The summed E-state index contributed by atoms with van der Waals surface area (Å²) in [6.07, 6.45) is 2.26. The van der Waals surface area contributed by atoms with E-state index in [-0.39, 0.29) is 5.91 Å². The standard InChI is InChI=1S/C20H23N5O/c1-14-10-15(2)25(24-14)19-9-8-17(12-22-19)13-23-20(26)18(21)11-16-6-4-3-5-7-16/h3-10,12,18H,11,13,21H2,1-2H3,(H,23,26)/t18-/m0/s1. The van der Waals surface area contributed by atoms with Gasteiger partial charge in [0.05, 0.1) is 11.7 Å². The number of carbonyl (C=O) groups is 1. The number of aryl methyl sites for hydroxylation is 2. The lowest BCUT2D eigenvalue weighted by atomic mass is 10.1. The van der Waals surface area contributed by atoms with Crippen molar-refractivity contribution in [2.75, 3.05) is 0 Å². The fourth-order valence-corrected chi connectivity index (χ4v) is 2.79. The lowest BCUT2D eigenvalue weighted by molar-refractivity contribution is -0.122. The molecular formula is C20H23N5O. The Morgan fingerprint density at radius 1 is 1.15 bits per heavy atom. The van der Waals surface area contributed by atoms with E-state index >= 15 is 0 Å². The maximum absolute atomic E-state index is 12.2. The van der Waals surface area contributed by atoms with E-state index in [1.54, 1.807) is 10.9 Å². The number of nitrogens with one attached hydrogen (secondary N) is 1. The summed E-state index contributed by atoms with van der Waals surface area (Å²) in [7, 11) is 0. The Bertz CT molecular complexity index is 871. The van der Waals surface area contributed by atoms with Crippen LogP contribution in [0.4, 0.5) is 0 Å². The number of aromatic nitrogens is 3. The topological polar surface area (TPSA) is 85.8 Å². The van der Waals surface area contributed by atoms with Crippen LogP contribution in [-0.4, -0.2) is 26.7 Å². The van der Waals surface area contributed by atoms with Crippen molar-refractivity contribution in [3.05, 3.63) is 77.2 Å². The normalized spacial score (nSPS) is 12.0. The summed E-state index contributed by atoms with van der Waals surface area (Å²) in [4.78, 5) is 16.6. The minimum Gasteiger partial charge on any atom is -0.351 e. The van der Waals surface area contributed by atoms with Crippen molar-refractivity contribution in [3.63, 3.8) is 0 Å². The van der Waals surface area contributed by atoms with Gasteiger partial charge in [-0.25, -0.2) is 9.67 Å². The number of nitrogens with two attached hydrogens (primary N) is 1. The average molecular weight is 349 g/mol. The highest BCUT2D eigenvalue weighted by Gasteiger charge is 2.13. The van der Waals surface area contributed by atoms with Gasteiger partial charge in [0.15, 0.2) is 5.82 Å². The summed E-state index contributed by atoms with van der Waals surface area (Å²) < 4.78 is 1.80. The maximum Gasteiger partial charge on any atom is 0.237 e. The Labute approximate surface area is 153 Å². The number of pyridine rings is 1. The van der Waals surface area contributed by atoms with Crippen molar-refractivity contribution in [3.8, 4) is 5.82 Å². The second kappa shape index (κ2) is 7.93. The molecule has 0 aliphatic carbocycles. The minimum atomic E-state index is -0.570. The highest BCUT2D eigenvalue weighted by Crippen LogP contribution is 2.10. The third kappa shape index (κ3) is 4.34. The molecule has 1 atom stereocenters. The number of amides is 1. The number of hydrogen-bond donors (Lipinski definition) is 2. The Balaban J connectivity index is 1.56. The predicted molar refractivity (Wildman–Crippen MR) is 101 cm³/mol. The highest BCUT2D eigenvalue weighted by molar-refractivity contribution is 5.81. The monoisotopic (exact) mass is 349 g/mol. The number of hydrogen-bond acceptors (Lipinski definition) is 4. The lowest BCUT2D eigenvalue weighted by Crippen LogP contribution is -2.41. The smallest absolute Gasteiger partial charge is 0.237 e. The highest BCUT2D eigenvalue weighted by atomic mass is 16.2. The Kier molecular flexibility index (Phi) is 5.43. The van der Waals surface area contributed by atoms with Crippen molar-refractivity contribution in [2.24, 2.45) is 5.73 Å². The van der Waals surface area contributed by atoms with E-state index in [9.17, 15) is 4.79 Å². The van der Waals surface area contributed by atoms with Gasteiger partial charge in [-0.05, 0) is 43.5 Å². The molecule has 0 bridgehead atoms. The Morgan fingerprint density at radius 3 is 2.54 bits per heavy atom. The SMILES string of the molecule is Cc1cc(C)n(-c2ccc(CNC(=O)[C@@H](N)Cc3ccccc3)cn2)n1. The maximum atomic E-state index is 12.2. The van der Waals surface area contributed by atoms with Gasteiger partial charge >= 0.3 is 0 Å². The zero-order valence-corrected chi connectivity index (χ0v) is 15.0. The summed E-state index contributed by atoms with van der Waals surface area (Å²) >= 11 is 0. The van der Waals surface area contributed by atoms with E-state index < -0.39 is 6.04 Å². The van der Waals surface area contributed by atoms with Gasteiger partial charge in [-0.1, -0.05) is 36.4 Å². The first-order valence-corrected chi connectivity index (χ1v) is 8.59. The molecule has 0 fully saturated rings. The van der Waals surface area contributed by atoms with Crippen LogP contribution in [0.15, 0.2) is 54.7 Å². The van der Waals surface area contributed by atoms with E-state index in [0.29, 0.717) is 13.0 Å². The van der Waals surface area contributed by atoms with Crippen molar-refractivity contribution < 1.29 is 4.79 Å². The summed E-state index contributed by atoms with van der Waals surface area (Å²) in [5, 5.41) is 7.28. The van der Waals surface area contributed by atoms with Crippen molar-refractivity contribution in [1.29, 1.82) is 0 Å². The zero-order chi connectivity index (χ0) is 18.5. The third-order valence-corrected chi connectivity index (χ3v) is 4.14. The Hall–Kier alpha value is -2.99. The lowest BCUT2D eigenvalue weighted by Gasteiger charge is -2.12. The molecule has 1 aromatic carbocycles. The number of nitrogens with zero attached hydrogens (tertiary/aromatic N) is 3. The van der Waals surface area contributed by atoms with Crippen LogP contribution < -0.4 is 11.1 Å². The molecule has 0 saturated heterocycles. The van der Waals surface area contributed by atoms with E-state index in [1.807, 2.05) is 62.4 Å². The Morgan fingerprint density at radius 2 is 1.92 bits per heavy atom. The molecule has 3 aromatic rings. The second-order valence-electron chi connectivity index (χ2n) is 6.38. The quantitative estimate of drug-likeness (QED) is 0.713. The van der Waals surface area contributed by atoms with Gasteiger partial charge < -0.3 is 11.1 Å². The molecule has 0 saturated carbocycles. The van der Waals surface area contributed by atoms with Crippen LogP contribution in [0.25, 0.3) is 5.82 Å². The molecule has 0 aliphatic heterocycles. The molecule has 3 N–H and O–H groups in total. The van der Waals surface area contributed by atoms with Crippen molar-refractivity contribution in [2.45, 2.75) is 32.9 Å². The molecule has 0 radical (unpaired) electrons. The average Bonchev–Trinajstić information content (AvgIpc) is 2.99. The summed E-state index contributed by atoms with van der Waals surface area (Å²) in [5.41, 5.74) is 9.94. The second-order valence-corrected chi connectivity index (χ2v) is 6.38. The summed E-state index contributed by atoms with van der Waals surface area (Å²) in [6, 6.07) is 15.0. The molecule has 3 rings (SSSR count). The van der Waals surface area contributed by atoms with Gasteiger partial charge in [0.2, 0.25) is 5.91 Å². The molecule has 0 spiro atoms. The van der Waals surface area contributed by atoms with Crippen LogP contribution in [0.2, 0.25) is 0 Å². The summed E-state index contributed by atoms with van der Waals surface area (Å²) in [6.45, 7) is 4.34. The number of rotatable bonds is 6. The predicted octanol–water partition coefficient (Wildman–Crippen LogP) is 2.07. The fraction of sp³-hybridized carbons (Fsp3) is 0.250. The zero-order valence-electron chi connectivity index (χ0n) is 15.0. The first-order chi connectivity index (χ1) is 12.5. The van der Waals surface area contributed by atoms with Crippen molar-refractivity contribution in [1.82, 2.24) is 20.1 Å². The molecule has 2 aromatic heterocycles. The molecule has 2 heterocycles. The first kappa shape index (κ1) is 17.8. The van der Waals surface area contributed by atoms with Crippen molar-refractivity contribution >= 4 is 5.91 Å². The number of benzene rings is 1. The van der Waals surface area contributed by atoms with Crippen LogP contribution in [-0.2, 0) is 17.8 Å². The van der Waals surface area contributed by atoms with Gasteiger partial charge in [-0.15, -0.1) is 0 Å². The number of carbonyl (C=O) groups excluding carboxylic acids is 1. The van der Waals surface area contributed by atoms with Gasteiger partial charge in [-0.3, -0.25) is 4.79 Å². The minimum absolute atomic E-state index is 0.170. The molecule has 6 heteroatoms. The van der Waals surface area contributed by atoms with Gasteiger partial charge in [0.1, 0.15) is 0 Å². The first-order valence-electron chi connectivity index (χ1n) is 8.59. The molecule has 1 amide bonds. The molecule has 6 nitrogen and oxygen atoms in total. The van der Waals surface area contributed by atoms with Crippen LogP contribution in [0, 0.1) is 13.8 Å². The largest absolute Gasteiger partial charge is 0.351 e. The van der Waals surface area contributed by atoms with Crippen LogP contribution in [0.5, 0.6) is 0 Å². The van der Waals surface area contributed by atoms with Gasteiger partial charge in [0.25, 0.3) is 0 Å². The van der Waals surface area contributed by atoms with Crippen LogP contribution >= 0.6 is 0 Å². The molecular weight excluding hydrogens is 326 g/mol. The van der Waals surface area contributed by atoms with E-state index in [1.165, 1.54) is 0 Å². The van der Waals surface area contributed by atoms with E-state index in [2.05, 4.69) is 15.4 Å². The van der Waals surface area contributed by atoms with Crippen LogP contribution in [0.3, 0.4) is 0 Å².